The first-order chi connectivity index (χ1) is 9.86. The number of benzene rings is 1. The maximum Gasteiger partial charge on any atom is 0.416 e. The lowest BCUT2D eigenvalue weighted by molar-refractivity contribution is -0.137. The van der Waals surface area contributed by atoms with Gasteiger partial charge in [-0.25, -0.2) is 4.98 Å². The summed E-state index contributed by atoms with van der Waals surface area (Å²) in [6.45, 7) is 0. The number of hydrogen-bond donors (Lipinski definition) is 1. The number of rotatable bonds is 1. The first-order valence-electron chi connectivity index (χ1n) is 5.97. The molecule has 0 bridgehead atoms. The lowest BCUT2D eigenvalue weighted by atomic mass is 10.1. The van der Waals surface area contributed by atoms with Crippen LogP contribution in [0.25, 0.3) is 16.9 Å². The third-order valence-corrected chi connectivity index (χ3v) is 3.37. The summed E-state index contributed by atoms with van der Waals surface area (Å²) in [4.78, 5) is 4.18. The van der Waals surface area contributed by atoms with E-state index in [-0.39, 0.29) is 5.15 Å². The van der Waals surface area contributed by atoms with Crippen LogP contribution >= 0.6 is 11.6 Å². The van der Waals surface area contributed by atoms with Crippen molar-refractivity contribution in [2.75, 3.05) is 5.73 Å². The van der Waals surface area contributed by atoms with Gasteiger partial charge in [0.05, 0.1) is 11.1 Å². The summed E-state index contributed by atoms with van der Waals surface area (Å²) < 4.78 is 39.4. The number of nitrogens with two attached hydrogens (primary N) is 1. The number of fused-ring (bicyclic) bond motifs is 1. The average Bonchev–Trinajstić information content (AvgIpc) is 2.75. The minimum absolute atomic E-state index is 0.247. The van der Waals surface area contributed by atoms with E-state index in [1.807, 2.05) is 0 Å². The Labute approximate surface area is 122 Å². The third-order valence-electron chi connectivity index (χ3n) is 3.09. The minimum atomic E-state index is -4.36. The van der Waals surface area contributed by atoms with E-state index in [0.29, 0.717) is 22.6 Å². The summed E-state index contributed by atoms with van der Waals surface area (Å²) in [5.41, 5.74) is 6.65. The van der Waals surface area contributed by atoms with Gasteiger partial charge in [-0.05, 0) is 24.3 Å². The molecule has 1 aromatic carbocycles. The van der Waals surface area contributed by atoms with Gasteiger partial charge in [-0.15, -0.1) is 0 Å². The molecule has 0 amide bonds. The Morgan fingerprint density at radius 3 is 2.38 bits per heavy atom. The number of nitrogen functional groups attached to an aromatic ring is 1. The maximum atomic E-state index is 12.6. The molecular weight excluding hydrogens is 303 g/mol. The highest BCUT2D eigenvalue weighted by atomic mass is 35.5. The van der Waals surface area contributed by atoms with Crippen molar-refractivity contribution in [2.24, 2.45) is 0 Å². The Kier molecular flexibility index (Phi) is 3.06. The second kappa shape index (κ2) is 4.66. The van der Waals surface area contributed by atoms with E-state index in [2.05, 4.69) is 4.98 Å². The second-order valence-corrected chi connectivity index (χ2v) is 4.87. The van der Waals surface area contributed by atoms with Gasteiger partial charge in [0, 0.05) is 17.4 Å². The fourth-order valence-corrected chi connectivity index (χ4v) is 2.30. The Balaban J connectivity index is 2.13. The Hall–Kier alpha value is -2.21. The van der Waals surface area contributed by atoms with Crippen molar-refractivity contribution in [3.63, 3.8) is 0 Å². The van der Waals surface area contributed by atoms with E-state index in [9.17, 15) is 13.2 Å². The molecule has 0 aliphatic rings. The molecule has 0 unspecified atom stereocenters. The number of alkyl halides is 3. The fourth-order valence-electron chi connectivity index (χ4n) is 2.08. The van der Waals surface area contributed by atoms with Gasteiger partial charge in [0.25, 0.3) is 0 Å². The Morgan fingerprint density at radius 1 is 1.10 bits per heavy atom. The van der Waals surface area contributed by atoms with Gasteiger partial charge >= 0.3 is 6.18 Å². The van der Waals surface area contributed by atoms with Crippen molar-refractivity contribution in [1.82, 2.24) is 9.38 Å². The normalized spacial score (nSPS) is 12.0. The standard InChI is InChI=1S/C14H9ClF3N3/c15-12-11-7-10(19)5-6-21(11)13(20-12)8-1-3-9(4-2-8)14(16,17)18/h1-7H,19H2. The Bertz CT molecular complexity index is 807. The molecule has 0 aliphatic heterocycles. The molecule has 0 saturated carbocycles. The van der Waals surface area contributed by atoms with E-state index in [1.54, 1.807) is 22.7 Å². The zero-order valence-corrected chi connectivity index (χ0v) is 11.3. The predicted molar refractivity (Wildman–Crippen MR) is 75.1 cm³/mol. The zero-order valence-electron chi connectivity index (χ0n) is 10.5. The molecule has 108 valence electrons. The summed E-state index contributed by atoms with van der Waals surface area (Å²) in [5, 5.41) is 0.247. The highest BCUT2D eigenvalue weighted by Crippen LogP contribution is 2.32. The topological polar surface area (TPSA) is 43.3 Å². The van der Waals surface area contributed by atoms with E-state index in [0.717, 1.165) is 12.1 Å². The summed E-state index contributed by atoms with van der Waals surface area (Å²) in [7, 11) is 0. The van der Waals surface area contributed by atoms with Crippen molar-refractivity contribution in [1.29, 1.82) is 0 Å². The molecule has 2 heterocycles. The van der Waals surface area contributed by atoms with Crippen LogP contribution in [0.3, 0.4) is 0 Å². The first-order valence-corrected chi connectivity index (χ1v) is 6.35. The number of hydrogen-bond acceptors (Lipinski definition) is 2. The quantitative estimate of drug-likeness (QED) is 0.730. The number of aromatic nitrogens is 2. The molecule has 0 spiro atoms. The molecular formula is C14H9ClF3N3. The largest absolute Gasteiger partial charge is 0.416 e. The van der Waals surface area contributed by atoms with Crippen LogP contribution in [0.1, 0.15) is 5.56 Å². The van der Waals surface area contributed by atoms with Crippen molar-refractivity contribution in [2.45, 2.75) is 6.18 Å². The molecule has 0 radical (unpaired) electrons. The zero-order chi connectivity index (χ0) is 15.2. The van der Waals surface area contributed by atoms with E-state index >= 15 is 0 Å². The van der Waals surface area contributed by atoms with E-state index in [1.165, 1.54) is 12.1 Å². The van der Waals surface area contributed by atoms with Gasteiger partial charge in [-0.2, -0.15) is 13.2 Å². The monoisotopic (exact) mass is 311 g/mol. The molecule has 0 atom stereocenters. The van der Waals surface area contributed by atoms with Crippen LogP contribution in [0.15, 0.2) is 42.6 Å². The van der Waals surface area contributed by atoms with Crippen LogP contribution in [-0.2, 0) is 6.18 Å². The van der Waals surface area contributed by atoms with Crippen LogP contribution in [0, 0.1) is 0 Å². The molecule has 2 aromatic heterocycles. The molecule has 0 aliphatic carbocycles. The molecule has 3 aromatic rings. The van der Waals surface area contributed by atoms with E-state index < -0.39 is 11.7 Å². The highest BCUT2D eigenvalue weighted by molar-refractivity contribution is 6.33. The van der Waals surface area contributed by atoms with Gasteiger partial charge in [0.1, 0.15) is 5.82 Å². The summed E-state index contributed by atoms with van der Waals surface area (Å²) in [6.07, 6.45) is -2.68. The predicted octanol–water partition coefficient (Wildman–Crippen LogP) is 4.26. The SMILES string of the molecule is Nc1ccn2c(-c3ccc(C(F)(F)F)cc3)nc(Cl)c2c1. The highest BCUT2D eigenvalue weighted by Gasteiger charge is 2.30. The smallest absolute Gasteiger partial charge is 0.399 e. The fraction of sp³-hybridized carbons (Fsp3) is 0.0714. The van der Waals surface area contributed by atoms with Crippen LogP contribution < -0.4 is 5.73 Å². The maximum absolute atomic E-state index is 12.6. The molecule has 0 fully saturated rings. The van der Waals surface area contributed by atoms with Gasteiger partial charge in [0.15, 0.2) is 5.15 Å². The molecule has 21 heavy (non-hydrogen) atoms. The number of anilines is 1. The third kappa shape index (κ3) is 2.42. The van der Waals surface area contributed by atoms with Gasteiger partial charge in [-0.3, -0.25) is 4.40 Å². The Morgan fingerprint density at radius 2 is 1.76 bits per heavy atom. The first kappa shape index (κ1) is 13.8. The number of imidazole rings is 1. The number of nitrogens with zero attached hydrogens (tertiary/aromatic N) is 2. The molecule has 3 rings (SSSR count). The van der Waals surface area contributed by atoms with Crippen molar-refractivity contribution < 1.29 is 13.2 Å². The molecule has 7 heteroatoms. The lowest BCUT2D eigenvalue weighted by Crippen LogP contribution is -2.04. The van der Waals surface area contributed by atoms with Gasteiger partial charge < -0.3 is 5.73 Å². The minimum Gasteiger partial charge on any atom is -0.399 e. The van der Waals surface area contributed by atoms with E-state index in [4.69, 9.17) is 17.3 Å². The summed E-state index contributed by atoms with van der Waals surface area (Å²) in [6, 6.07) is 8.08. The van der Waals surface area contributed by atoms with Crippen molar-refractivity contribution >= 4 is 22.8 Å². The van der Waals surface area contributed by atoms with Crippen molar-refractivity contribution in [3.8, 4) is 11.4 Å². The van der Waals surface area contributed by atoms with Crippen LogP contribution in [0.4, 0.5) is 18.9 Å². The average molecular weight is 312 g/mol. The molecule has 0 saturated heterocycles. The number of pyridine rings is 1. The van der Waals surface area contributed by atoms with Gasteiger partial charge in [-0.1, -0.05) is 23.7 Å². The summed E-state index contributed by atoms with van der Waals surface area (Å²) >= 11 is 6.04. The van der Waals surface area contributed by atoms with Crippen LogP contribution in [0.5, 0.6) is 0 Å². The second-order valence-electron chi connectivity index (χ2n) is 4.52. The summed E-state index contributed by atoms with van der Waals surface area (Å²) in [5.74, 6) is 0.462. The molecule has 3 nitrogen and oxygen atoms in total. The van der Waals surface area contributed by atoms with Gasteiger partial charge in [0.2, 0.25) is 0 Å². The van der Waals surface area contributed by atoms with Crippen LogP contribution in [0.2, 0.25) is 5.15 Å². The lowest BCUT2D eigenvalue weighted by Gasteiger charge is -2.07. The molecule has 2 N–H and O–H groups in total. The number of halogens is 4. The van der Waals surface area contributed by atoms with Crippen LogP contribution in [-0.4, -0.2) is 9.38 Å². The van der Waals surface area contributed by atoms with Crippen molar-refractivity contribution in [3.05, 3.63) is 53.3 Å².